The lowest BCUT2D eigenvalue weighted by Crippen LogP contribution is -2.35. The van der Waals surface area contributed by atoms with Gasteiger partial charge in [0.25, 0.3) is 23.6 Å². The summed E-state index contributed by atoms with van der Waals surface area (Å²) in [6.45, 7) is 0.547. The summed E-state index contributed by atoms with van der Waals surface area (Å²) in [5, 5.41) is 11.4. The SMILES string of the molecule is COc1ccc2cc1Oc1ccc(cc1)/C=C(/NC(=O)c1ccccc1)C(=O)NCCc1ccc(OC)c(c1)Oc1ccc(cc1)CCNC(=O)C(NC(=O)c1ccccc1)=C2. The van der Waals surface area contributed by atoms with Crippen LogP contribution >= 0.6 is 0 Å². The molecule has 0 spiro atoms. The molecular formula is C50H44N4O8. The molecule has 0 fully saturated rings. The maximum Gasteiger partial charge on any atom is 0.267 e. The quantitative estimate of drug-likeness (QED) is 0.132. The first kappa shape index (κ1) is 42.0. The lowest BCUT2D eigenvalue weighted by atomic mass is 10.1. The first-order valence-corrected chi connectivity index (χ1v) is 19.9. The highest BCUT2D eigenvalue weighted by atomic mass is 16.5. The zero-order valence-corrected chi connectivity index (χ0v) is 34.1. The van der Waals surface area contributed by atoms with Gasteiger partial charge in [0.1, 0.15) is 22.9 Å². The Morgan fingerprint density at radius 2 is 0.952 bits per heavy atom. The molecule has 0 radical (unpaired) electrons. The highest BCUT2D eigenvalue weighted by molar-refractivity contribution is 6.06. The van der Waals surface area contributed by atoms with Crippen LogP contribution in [0.2, 0.25) is 0 Å². The summed E-state index contributed by atoms with van der Waals surface area (Å²) < 4.78 is 23.7. The van der Waals surface area contributed by atoms with Crippen molar-refractivity contribution in [2.45, 2.75) is 12.8 Å². The van der Waals surface area contributed by atoms with E-state index >= 15 is 0 Å². The van der Waals surface area contributed by atoms with Gasteiger partial charge < -0.3 is 40.2 Å². The molecule has 12 heteroatoms. The predicted molar refractivity (Wildman–Crippen MR) is 236 cm³/mol. The zero-order chi connectivity index (χ0) is 43.3. The summed E-state index contributed by atoms with van der Waals surface area (Å²) in [6, 6.07) is 42.3. The molecule has 312 valence electrons. The number of rotatable bonds is 6. The van der Waals surface area contributed by atoms with Crippen molar-refractivity contribution in [2.24, 2.45) is 0 Å². The van der Waals surface area contributed by atoms with Crippen molar-refractivity contribution in [1.29, 1.82) is 0 Å². The second-order valence-electron chi connectivity index (χ2n) is 14.1. The molecule has 0 saturated carbocycles. The Balaban J connectivity index is 1.22. The molecular weight excluding hydrogens is 785 g/mol. The van der Waals surface area contributed by atoms with Gasteiger partial charge in [0.05, 0.1) is 14.2 Å². The molecule has 4 aliphatic heterocycles. The molecule has 4 heterocycles. The molecule has 8 bridgehead atoms. The first-order chi connectivity index (χ1) is 30.2. The number of nitrogens with one attached hydrogen (secondary N) is 4. The molecule has 0 saturated heterocycles. The fourth-order valence-corrected chi connectivity index (χ4v) is 6.48. The third-order valence-corrected chi connectivity index (χ3v) is 9.75. The monoisotopic (exact) mass is 828 g/mol. The normalized spacial score (nSPS) is 14.2. The third kappa shape index (κ3) is 11.1. The lowest BCUT2D eigenvalue weighted by Gasteiger charge is -2.15. The van der Waals surface area contributed by atoms with E-state index in [1.165, 1.54) is 7.11 Å². The Labute approximate surface area is 359 Å². The van der Waals surface area contributed by atoms with Gasteiger partial charge in [0.15, 0.2) is 23.0 Å². The van der Waals surface area contributed by atoms with Gasteiger partial charge in [0.2, 0.25) is 0 Å². The van der Waals surface area contributed by atoms with Gasteiger partial charge in [-0.25, -0.2) is 0 Å². The summed E-state index contributed by atoms with van der Waals surface area (Å²) in [7, 11) is 3.08. The molecule has 62 heavy (non-hydrogen) atoms. The third-order valence-electron chi connectivity index (χ3n) is 9.75. The Morgan fingerprint density at radius 3 is 1.48 bits per heavy atom. The summed E-state index contributed by atoms with van der Waals surface area (Å²) >= 11 is 0. The minimum atomic E-state index is -0.482. The topological polar surface area (TPSA) is 153 Å². The summed E-state index contributed by atoms with van der Waals surface area (Å²) in [4.78, 5) is 54.0. The van der Waals surface area contributed by atoms with Crippen LogP contribution in [0.25, 0.3) is 12.2 Å². The maximum atomic E-state index is 13.7. The second kappa shape index (κ2) is 20.2. The number of carbonyl (C=O) groups excluding carboxylic acids is 4. The van der Waals surface area contributed by atoms with Crippen LogP contribution in [0.4, 0.5) is 0 Å². The molecule has 4 aliphatic rings. The average Bonchev–Trinajstić information content (AvgIpc) is 3.30. The van der Waals surface area contributed by atoms with E-state index in [0.717, 1.165) is 11.1 Å². The Kier molecular flexibility index (Phi) is 13.7. The van der Waals surface area contributed by atoms with E-state index in [-0.39, 0.29) is 24.5 Å². The summed E-state index contributed by atoms with van der Waals surface area (Å²) in [5.41, 5.74) is 3.84. The van der Waals surface area contributed by atoms with Crippen LogP contribution in [0.5, 0.6) is 34.5 Å². The lowest BCUT2D eigenvalue weighted by molar-refractivity contribution is -0.118. The van der Waals surface area contributed by atoms with Gasteiger partial charge in [-0.3, -0.25) is 19.2 Å². The van der Waals surface area contributed by atoms with Crippen LogP contribution in [-0.2, 0) is 22.4 Å². The molecule has 6 aromatic carbocycles. The Hall–Kier alpha value is -8.12. The van der Waals surface area contributed by atoms with Crippen LogP contribution in [0, 0.1) is 0 Å². The number of ether oxygens (including phenoxy) is 4. The largest absolute Gasteiger partial charge is 0.493 e. The predicted octanol–water partition coefficient (Wildman–Crippen LogP) is 7.86. The fraction of sp³-hybridized carbons (Fsp3) is 0.120. The van der Waals surface area contributed by atoms with Gasteiger partial charge >= 0.3 is 0 Å². The fourth-order valence-electron chi connectivity index (χ4n) is 6.48. The van der Waals surface area contributed by atoms with Crippen molar-refractivity contribution in [3.05, 3.63) is 190 Å². The van der Waals surface area contributed by atoms with E-state index in [9.17, 15) is 19.2 Å². The number of hydrogen-bond donors (Lipinski definition) is 4. The number of hydrogen-bond acceptors (Lipinski definition) is 8. The summed E-state index contributed by atoms with van der Waals surface area (Å²) in [5.74, 6) is 0.966. The maximum absolute atomic E-state index is 13.7. The van der Waals surface area contributed by atoms with Crippen LogP contribution in [0.1, 0.15) is 43.0 Å². The minimum Gasteiger partial charge on any atom is -0.493 e. The minimum absolute atomic E-state index is 0.0263. The van der Waals surface area contributed by atoms with Gasteiger partial charge in [-0.05, 0) is 120 Å². The number of carbonyl (C=O) groups is 4. The van der Waals surface area contributed by atoms with Crippen LogP contribution in [-0.4, -0.2) is 50.9 Å². The second-order valence-corrected chi connectivity index (χ2v) is 14.1. The van der Waals surface area contributed by atoms with Crippen LogP contribution < -0.4 is 40.2 Å². The Bertz CT molecular complexity index is 2610. The van der Waals surface area contributed by atoms with E-state index in [2.05, 4.69) is 21.3 Å². The highest BCUT2D eigenvalue weighted by Crippen LogP contribution is 2.34. The molecule has 6 aromatic rings. The molecule has 0 aliphatic carbocycles. The van der Waals surface area contributed by atoms with Gasteiger partial charge in [-0.2, -0.15) is 0 Å². The summed E-state index contributed by atoms with van der Waals surface area (Å²) in [6.07, 6.45) is 4.11. The van der Waals surface area contributed by atoms with E-state index in [1.54, 1.807) is 128 Å². The van der Waals surface area contributed by atoms with Crippen molar-refractivity contribution < 1.29 is 38.1 Å². The van der Waals surface area contributed by atoms with Crippen LogP contribution in [0.3, 0.4) is 0 Å². The average molecular weight is 829 g/mol. The molecule has 12 nitrogen and oxygen atoms in total. The van der Waals surface area contributed by atoms with Gasteiger partial charge in [-0.1, -0.05) is 72.8 Å². The van der Waals surface area contributed by atoms with Crippen molar-refractivity contribution >= 4 is 35.8 Å². The molecule has 4 N–H and O–H groups in total. The van der Waals surface area contributed by atoms with E-state index in [4.69, 9.17) is 18.9 Å². The van der Waals surface area contributed by atoms with E-state index < -0.39 is 23.6 Å². The molecule has 0 atom stereocenters. The molecule has 10 rings (SSSR count). The molecule has 0 unspecified atom stereocenters. The zero-order valence-electron chi connectivity index (χ0n) is 34.1. The van der Waals surface area contributed by atoms with Crippen LogP contribution in [0.15, 0.2) is 157 Å². The molecule has 4 amide bonds. The van der Waals surface area contributed by atoms with Gasteiger partial charge in [-0.15, -0.1) is 0 Å². The van der Waals surface area contributed by atoms with E-state index in [1.807, 2.05) is 36.4 Å². The van der Waals surface area contributed by atoms with Crippen molar-refractivity contribution in [3.8, 4) is 34.5 Å². The van der Waals surface area contributed by atoms with Crippen molar-refractivity contribution in [3.63, 3.8) is 0 Å². The van der Waals surface area contributed by atoms with Crippen molar-refractivity contribution in [2.75, 3.05) is 27.3 Å². The highest BCUT2D eigenvalue weighted by Gasteiger charge is 2.18. The number of amides is 4. The first-order valence-electron chi connectivity index (χ1n) is 19.9. The molecule has 0 aromatic heterocycles. The standard InChI is InChI=1S/C50H44N4O8/c1-59-43-23-17-35-26-28-52-49(57)41(53-47(55)37-9-5-3-6-10-37)29-34-15-21-40(22-16-34)62-46-32-36(18-24-44(46)60-2)30-42(54-48(56)38-11-7-4-8-12-38)50(58)51-27-25-33-13-19-39(20-14-33)61-45(43)31-35/h3-24,29-32H,25-28H2,1-2H3,(H,51,58)(H,52,57)(H,53,55)(H,54,56)/b41-29+,42-30?. The van der Waals surface area contributed by atoms with Crippen molar-refractivity contribution in [1.82, 2.24) is 21.3 Å². The number of benzene rings is 6. The number of methoxy groups -OCH3 is 2. The van der Waals surface area contributed by atoms with E-state index in [0.29, 0.717) is 69.6 Å². The Morgan fingerprint density at radius 1 is 0.516 bits per heavy atom. The smallest absolute Gasteiger partial charge is 0.267 e. The van der Waals surface area contributed by atoms with Gasteiger partial charge in [0, 0.05) is 24.2 Å².